The SMILES string of the molecule is COc1ccccc1N1CCN(CCC(c2ccccc2)n2nnc3ccccc32)CC1. The number of hydrogen-bond donors (Lipinski definition) is 0. The van der Waals surface area contributed by atoms with Crippen molar-refractivity contribution in [3.8, 4) is 5.75 Å². The number of aromatic nitrogens is 3. The first-order chi connectivity index (χ1) is 15.8. The predicted molar refractivity (Wildman–Crippen MR) is 128 cm³/mol. The Kier molecular flexibility index (Phi) is 6.03. The van der Waals surface area contributed by atoms with Crippen molar-refractivity contribution in [3.63, 3.8) is 0 Å². The molecule has 1 unspecified atom stereocenters. The molecule has 6 nitrogen and oxygen atoms in total. The van der Waals surface area contributed by atoms with E-state index in [-0.39, 0.29) is 6.04 Å². The van der Waals surface area contributed by atoms with E-state index in [9.17, 15) is 0 Å². The summed E-state index contributed by atoms with van der Waals surface area (Å²) >= 11 is 0. The molecule has 0 bridgehead atoms. The summed E-state index contributed by atoms with van der Waals surface area (Å²) in [6.07, 6.45) is 0.992. The average Bonchev–Trinajstić information content (AvgIpc) is 3.29. The molecule has 0 N–H and O–H groups in total. The molecular weight excluding hydrogens is 398 g/mol. The fourth-order valence-corrected chi connectivity index (χ4v) is 4.63. The van der Waals surface area contributed by atoms with Crippen LogP contribution in [0.5, 0.6) is 5.75 Å². The molecule has 0 radical (unpaired) electrons. The highest BCUT2D eigenvalue weighted by atomic mass is 16.5. The van der Waals surface area contributed by atoms with E-state index in [2.05, 4.69) is 79.4 Å². The number of benzene rings is 3. The second-order valence-electron chi connectivity index (χ2n) is 8.24. The van der Waals surface area contributed by atoms with Crippen LogP contribution in [0.3, 0.4) is 0 Å². The van der Waals surface area contributed by atoms with Crippen LogP contribution < -0.4 is 9.64 Å². The quantitative estimate of drug-likeness (QED) is 0.441. The number of piperazine rings is 1. The Morgan fingerprint density at radius 2 is 1.56 bits per heavy atom. The Hall–Kier alpha value is -3.38. The van der Waals surface area contributed by atoms with Crippen LogP contribution >= 0.6 is 0 Å². The number of methoxy groups -OCH3 is 1. The lowest BCUT2D eigenvalue weighted by Crippen LogP contribution is -2.47. The summed E-state index contributed by atoms with van der Waals surface area (Å²) in [6.45, 7) is 5.11. The van der Waals surface area contributed by atoms with Crippen LogP contribution in [0.2, 0.25) is 0 Å². The van der Waals surface area contributed by atoms with Crippen LogP contribution in [0.1, 0.15) is 18.0 Å². The number of fused-ring (bicyclic) bond motifs is 1. The van der Waals surface area contributed by atoms with Crippen molar-refractivity contribution in [2.75, 3.05) is 44.7 Å². The molecule has 0 aliphatic carbocycles. The maximum absolute atomic E-state index is 5.56. The van der Waals surface area contributed by atoms with Crippen molar-refractivity contribution in [1.29, 1.82) is 0 Å². The summed E-state index contributed by atoms with van der Waals surface area (Å²) in [6, 6.07) is 27.3. The Morgan fingerprint density at radius 1 is 0.844 bits per heavy atom. The van der Waals surface area contributed by atoms with E-state index in [0.29, 0.717) is 0 Å². The third kappa shape index (κ3) is 4.18. The predicted octanol–water partition coefficient (Wildman–Crippen LogP) is 4.24. The fraction of sp³-hybridized carbons (Fsp3) is 0.308. The number of para-hydroxylation sites is 3. The van der Waals surface area contributed by atoms with E-state index < -0.39 is 0 Å². The Balaban J connectivity index is 1.29. The van der Waals surface area contributed by atoms with E-state index in [1.54, 1.807) is 7.11 Å². The van der Waals surface area contributed by atoms with Gasteiger partial charge in [-0.2, -0.15) is 0 Å². The monoisotopic (exact) mass is 427 g/mol. The van der Waals surface area contributed by atoms with Gasteiger partial charge >= 0.3 is 0 Å². The molecule has 0 amide bonds. The lowest BCUT2D eigenvalue weighted by molar-refractivity contribution is 0.241. The molecule has 4 aromatic rings. The van der Waals surface area contributed by atoms with Crippen LogP contribution in [0, 0.1) is 0 Å². The van der Waals surface area contributed by atoms with Crippen LogP contribution in [-0.4, -0.2) is 59.7 Å². The average molecular weight is 428 g/mol. The molecular formula is C26H29N5O. The summed E-state index contributed by atoms with van der Waals surface area (Å²) in [7, 11) is 1.74. The zero-order valence-corrected chi connectivity index (χ0v) is 18.5. The summed E-state index contributed by atoms with van der Waals surface area (Å²) in [5.41, 5.74) is 4.49. The number of anilines is 1. The third-order valence-corrected chi connectivity index (χ3v) is 6.37. The number of ether oxygens (including phenoxy) is 1. The number of nitrogens with zero attached hydrogens (tertiary/aromatic N) is 5. The highest BCUT2D eigenvalue weighted by Crippen LogP contribution is 2.29. The van der Waals surface area contributed by atoms with Gasteiger partial charge in [0.1, 0.15) is 11.3 Å². The van der Waals surface area contributed by atoms with Gasteiger partial charge in [-0.3, -0.25) is 4.90 Å². The summed E-state index contributed by atoms with van der Waals surface area (Å²) in [4.78, 5) is 4.98. The molecule has 164 valence electrons. The van der Waals surface area contributed by atoms with Crippen molar-refractivity contribution < 1.29 is 4.74 Å². The van der Waals surface area contributed by atoms with Crippen molar-refractivity contribution in [1.82, 2.24) is 19.9 Å². The molecule has 1 aliphatic rings. The summed E-state index contributed by atoms with van der Waals surface area (Å²) in [5.74, 6) is 0.947. The molecule has 5 rings (SSSR count). The Labute approximate surface area is 189 Å². The second kappa shape index (κ2) is 9.40. The molecule has 1 aliphatic heterocycles. The molecule has 0 spiro atoms. The van der Waals surface area contributed by atoms with Gasteiger partial charge in [-0.1, -0.05) is 59.8 Å². The largest absolute Gasteiger partial charge is 0.495 e. The molecule has 3 aromatic carbocycles. The van der Waals surface area contributed by atoms with Gasteiger partial charge in [0.25, 0.3) is 0 Å². The van der Waals surface area contributed by atoms with E-state index in [1.807, 2.05) is 24.3 Å². The van der Waals surface area contributed by atoms with Crippen molar-refractivity contribution >= 4 is 16.7 Å². The minimum Gasteiger partial charge on any atom is -0.495 e. The minimum atomic E-state index is 0.163. The van der Waals surface area contributed by atoms with Crippen LogP contribution in [-0.2, 0) is 0 Å². The minimum absolute atomic E-state index is 0.163. The highest BCUT2D eigenvalue weighted by Gasteiger charge is 2.23. The molecule has 32 heavy (non-hydrogen) atoms. The van der Waals surface area contributed by atoms with Crippen molar-refractivity contribution in [2.24, 2.45) is 0 Å². The normalized spacial score (nSPS) is 15.7. The third-order valence-electron chi connectivity index (χ3n) is 6.37. The van der Waals surface area contributed by atoms with Gasteiger partial charge in [0, 0.05) is 32.7 Å². The fourth-order valence-electron chi connectivity index (χ4n) is 4.63. The lowest BCUT2D eigenvalue weighted by Gasteiger charge is -2.37. The molecule has 2 heterocycles. The van der Waals surface area contributed by atoms with Gasteiger partial charge in [-0.15, -0.1) is 5.10 Å². The van der Waals surface area contributed by atoms with Crippen LogP contribution in [0.15, 0.2) is 78.9 Å². The van der Waals surface area contributed by atoms with Gasteiger partial charge in [0.15, 0.2) is 0 Å². The zero-order chi connectivity index (χ0) is 21.8. The van der Waals surface area contributed by atoms with Gasteiger partial charge < -0.3 is 9.64 Å². The first kappa shape index (κ1) is 20.5. The standard InChI is InChI=1S/C26H29N5O/c1-32-26-14-8-7-13-25(26)30-19-17-29(18-20-30)16-15-23(21-9-3-2-4-10-21)31-24-12-6-5-11-22(24)27-28-31/h2-14,23H,15-20H2,1H3. The highest BCUT2D eigenvalue weighted by molar-refractivity contribution is 5.74. The van der Waals surface area contributed by atoms with E-state index in [4.69, 9.17) is 4.74 Å². The van der Waals surface area contributed by atoms with Crippen molar-refractivity contribution in [3.05, 3.63) is 84.4 Å². The van der Waals surface area contributed by atoms with Crippen LogP contribution in [0.25, 0.3) is 11.0 Å². The van der Waals surface area contributed by atoms with Crippen molar-refractivity contribution in [2.45, 2.75) is 12.5 Å². The zero-order valence-electron chi connectivity index (χ0n) is 18.5. The molecule has 1 saturated heterocycles. The Morgan fingerprint density at radius 3 is 2.38 bits per heavy atom. The number of hydrogen-bond acceptors (Lipinski definition) is 5. The maximum atomic E-state index is 5.56. The van der Waals surface area contributed by atoms with Gasteiger partial charge in [0.2, 0.25) is 0 Å². The summed E-state index contributed by atoms with van der Waals surface area (Å²) < 4.78 is 7.65. The van der Waals surface area contributed by atoms with E-state index >= 15 is 0 Å². The number of rotatable bonds is 7. The Bertz CT molecular complexity index is 1150. The molecule has 0 saturated carbocycles. The molecule has 1 fully saturated rings. The molecule has 1 atom stereocenters. The summed E-state index contributed by atoms with van der Waals surface area (Å²) in [5, 5.41) is 8.93. The maximum Gasteiger partial charge on any atom is 0.142 e. The smallest absolute Gasteiger partial charge is 0.142 e. The van der Waals surface area contributed by atoms with Gasteiger partial charge in [-0.25, -0.2) is 4.68 Å². The van der Waals surface area contributed by atoms with Gasteiger partial charge in [-0.05, 0) is 36.2 Å². The van der Waals surface area contributed by atoms with Crippen LogP contribution in [0.4, 0.5) is 5.69 Å². The lowest BCUT2D eigenvalue weighted by atomic mass is 10.0. The van der Waals surface area contributed by atoms with E-state index in [1.165, 1.54) is 11.3 Å². The second-order valence-corrected chi connectivity index (χ2v) is 8.24. The van der Waals surface area contributed by atoms with E-state index in [0.717, 1.165) is 55.9 Å². The topological polar surface area (TPSA) is 46.4 Å². The first-order valence-electron chi connectivity index (χ1n) is 11.3. The van der Waals surface area contributed by atoms with Gasteiger partial charge in [0.05, 0.1) is 24.4 Å². The first-order valence-corrected chi connectivity index (χ1v) is 11.3. The molecule has 1 aromatic heterocycles. The molecule has 6 heteroatoms.